The van der Waals surface area contributed by atoms with E-state index < -0.39 is 0 Å². The van der Waals surface area contributed by atoms with Crippen molar-refractivity contribution in [2.75, 3.05) is 11.4 Å². The van der Waals surface area contributed by atoms with Gasteiger partial charge in [0.1, 0.15) is 0 Å². The van der Waals surface area contributed by atoms with E-state index in [1.807, 2.05) is 0 Å². The van der Waals surface area contributed by atoms with Gasteiger partial charge in [0.05, 0.1) is 11.8 Å². The fourth-order valence-electron chi connectivity index (χ4n) is 3.93. The molecule has 4 heterocycles. The van der Waals surface area contributed by atoms with Crippen LogP contribution in [0.15, 0.2) is 11.6 Å². The Labute approximate surface area is 128 Å². The summed E-state index contributed by atoms with van der Waals surface area (Å²) in [7, 11) is 0. The van der Waals surface area contributed by atoms with E-state index in [4.69, 9.17) is 4.98 Å². The third kappa shape index (κ3) is 2.17. The van der Waals surface area contributed by atoms with Gasteiger partial charge in [0.25, 0.3) is 0 Å². The molecule has 6 heteroatoms. The molecule has 2 unspecified atom stereocenters. The molecule has 5 nitrogen and oxygen atoms in total. The number of nitrogens with zero attached hydrogens (tertiary/aromatic N) is 3. The molecule has 2 aromatic heterocycles. The van der Waals surface area contributed by atoms with Gasteiger partial charge in [-0.15, -0.1) is 11.3 Å². The first-order valence-electron chi connectivity index (χ1n) is 7.89. The lowest BCUT2D eigenvalue weighted by Gasteiger charge is -2.38. The van der Waals surface area contributed by atoms with Crippen molar-refractivity contribution in [3.05, 3.63) is 17.3 Å². The number of hydrogen-bond acceptors (Lipinski definition) is 5. The highest BCUT2D eigenvalue weighted by atomic mass is 32.1. The molecule has 0 saturated carbocycles. The molecule has 21 heavy (non-hydrogen) atoms. The summed E-state index contributed by atoms with van der Waals surface area (Å²) in [5.74, 6) is 1.14. The maximum atomic E-state index is 10.0. The normalized spacial score (nSPS) is 28.7. The maximum absolute atomic E-state index is 10.0. The fourth-order valence-corrected chi connectivity index (χ4v) is 4.66. The number of rotatable bonds is 4. The van der Waals surface area contributed by atoms with Crippen LogP contribution >= 0.6 is 11.3 Å². The molecule has 0 amide bonds. The lowest BCUT2D eigenvalue weighted by atomic mass is 10.00. The molecule has 2 aromatic rings. The number of piperidine rings is 1. The molecular formula is C15H22N4OS. The summed E-state index contributed by atoms with van der Waals surface area (Å²) in [5.41, 5.74) is 1.27. The van der Waals surface area contributed by atoms with E-state index in [-0.39, 0.29) is 6.10 Å². The van der Waals surface area contributed by atoms with Gasteiger partial charge in [-0.1, -0.05) is 6.92 Å². The van der Waals surface area contributed by atoms with Gasteiger partial charge in [-0.2, -0.15) is 0 Å². The van der Waals surface area contributed by atoms with Crippen molar-refractivity contribution in [1.29, 1.82) is 0 Å². The predicted molar refractivity (Wildman–Crippen MR) is 85.0 cm³/mol. The molecule has 4 rings (SSSR count). The Kier molecular flexibility index (Phi) is 3.40. The number of imidazole rings is 1. The van der Waals surface area contributed by atoms with Crippen LogP contribution in [0.25, 0.3) is 4.96 Å². The third-order valence-corrected chi connectivity index (χ3v) is 5.59. The lowest BCUT2D eigenvalue weighted by Crippen LogP contribution is -2.45. The Bertz CT molecular complexity index is 623. The smallest absolute Gasteiger partial charge is 0.195 e. The fraction of sp³-hybridized carbons (Fsp3) is 0.667. The Hall–Kier alpha value is -1.11. The van der Waals surface area contributed by atoms with Crippen molar-refractivity contribution in [3.63, 3.8) is 0 Å². The minimum Gasteiger partial charge on any atom is -0.393 e. The summed E-state index contributed by atoms with van der Waals surface area (Å²) in [6, 6.07) is 0.924. The molecule has 2 bridgehead atoms. The molecular weight excluding hydrogens is 284 g/mol. The highest BCUT2D eigenvalue weighted by Crippen LogP contribution is 2.40. The molecule has 2 N–H and O–H groups in total. The second-order valence-electron chi connectivity index (χ2n) is 6.14. The maximum Gasteiger partial charge on any atom is 0.195 e. The highest BCUT2D eigenvalue weighted by molar-refractivity contribution is 7.15. The number of aliphatic hydroxyl groups excluding tert-OH is 1. The number of anilines is 1. The summed E-state index contributed by atoms with van der Waals surface area (Å²) in [4.78, 5) is 8.47. The van der Waals surface area contributed by atoms with Crippen LogP contribution in [0.5, 0.6) is 0 Å². The third-order valence-electron chi connectivity index (χ3n) is 4.84. The second-order valence-corrected chi connectivity index (χ2v) is 7.01. The molecule has 0 aliphatic carbocycles. The topological polar surface area (TPSA) is 52.8 Å². The zero-order chi connectivity index (χ0) is 14.4. The number of aromatic nitrogens is 2. The Balaban J connectivity index is 1.74. The summed E-state index contributed by atoms with van der Waals surface area (Å²) in [6.45, 7) is 3.94. The Morgan fingerprint density at radius 3 is 2.86 bits per heavy atom. The second kappa shape index (κ2) is 5.26. The lowest BCUT2D eigenvalue weighted by molar-refractivity contribution is 0.126. The predicted octanol–water partition coefficient (Wildman–Crippen LogP) is 2.00. The van der Waals surface area contributed by atoms with E-state index in [1.54, 1.807) is 11.3 Å². The van der Waals surface area contributed by atoms with E-state index in [2.05, 4.69) is 33.1 Å². The molecule has 2 atom stereocenters. The van der Waals surface area contributed by atoms with Crippen molar-refractivity contribution in [2.24, 2.45) is 0 Å². The van der Waals surface area contributed by atoms with E-state index in [1.165, 1.54) is 18.5 Å². The number of fused-ring (bicyclic) bond motifs is 3. The first-order valence-corrected chi connectivity index (χ1v) is 8.77. The number of aliphatic hydroxyl groups is 1. The monoisotopic (exact) mass is 306 g/mol. The van der Waals surface area contributed by atoms with Gasteiger partial charge in [0.15, 0.2) is 10.8 Å². The summed E-state index contributed by atoms with van der Waals surface area (Å²) >= 11 is 1.69. The van der Waals surface area contributed by atoms with Crippen LogP contribution in [0.1, 0.15) is 38.3 Å². The Morgan fingerprint density at radius 1 is 1.38 bits per heavy atom. The van der Waals surface area contributed by atoms with Crippen LogP contribution in [0.2, 0.25) is 0 Å². The minimum absolute atomic E-state index is 0.125. The summed E-state index contributed by atoms with van der Waals surface area (Å²) in [5, 5.41) is 15.5. The molecule has 2 aliphatic heterocycles. The quantitative estimate of drug-likeness (QED) is 0.907. The zero-order valence-electron chi connectivity index (χ0n) is 12.3. The number of thiazole rings is 1. The van der Waals surface area contributed by atoms with Crippen molar-refractivity contribution in [3.8, 4) is 0 Å². The first kappa shape index (κ1) is 13.5. The number of nitrogens with one attached hydrogen (secondary N) is 1. The van der Waals surface area contributed by atoms with Crippen molar-refractivity contribution in [2.45, 2.75) is 57.3 Å². The van der Waals surface area contributed by atoms with Gasteiger partial charge in [-0.05, 0) is 32.2 Å². The molecule has 0 radical (unpaired) electrons. The zero-order valence-corrected chi connectivity index (χ0v) is 13.1. The van der Waals surface area contributed by atoms with Crippen LogP contribution in [-0.2, 0) is 6.54 Å². The van der Waals surface area contributed by atoms with Crippen LogP contribution in [0, 0.1) is 0 Å². The average Bonchev–Trinajstić information content (AvgIpc) is 3.09. The molecule has 2 saturated heterocycles. The van der Waals surface area contributed by atoms with Gasteiger partial charge >= 0.3 is 0 Å². The summed E-state index contributed by atoms with van der Waals surface area (Å²) in [6.07, 6.45) is 6.15. The van der Waals surface area contributed by atoms with Crippen LogP contribution in [-0.4, -0.2) is 39.2 Å². The van der Waals surface area contributed by atoms with Gasteiger partial charge in [0, 0.05) is 30.2 Å². The highest BCUT2D eigenvalue weighted by Gasteiger charge is 2.42. The van der Waals surface area contributed by atoms with Gasteiger partial charge in [0.2, 0.25) is 0 Å². The molecule has 0 aromatic carbocycles. The van der Waals surface area contributed by atoms with Gasteiger partial charge in [-0.3, -0.25) is 4.40 Å². The first-order chi connectivity index (χ1) is 10.3. The summed E-state index contributed by atoms with van der Waals surface area (Å²) < 4.78 is 2.22. The number of hydrogen-bond donors (Lipinski definition) is 2. The van der Waals surface area contributed by atoms with Gasteiger partial charge < -0.3 is 15.3 Å². The molecule has 0 spiro atoms. The SMILES string of the molecule is CCNCc1c(N2C3CCC2CC(O)C3)nc2sccn12. The van der Waals surface area contributed by atoms with Crippen molar-refractivity contribution < 1.29 is 5.11 Å². The van der Waals surface area contributed by atoms with E-state index in [0.29, 0.717) is 12.1 Å². The van der Waals surface area contributed by atoms with Crippen LogP contribution in [0.3, 0.4) is 0 Å². The van der Waals surface area contributed by atoms with Crippen LogP contribution < -0.4 is 10.2 Å². The van der Waals surface area contributed by atoms with Crippen molar-refractivity contribution in [1.82, 2.24) is 14.7 Å². The molecule has 2 aliphatic rings. The minimum atomic E-state index is -0.125. The van der Waals surface area contributed by atoms with E-state index in [9.17, 15) is 5.11 Å². The van der Waals surface area contributed by atoms with Crippen LogP contribution in [0.4, 0.5) is 5.82 Å². The standard InChI is InChI=1S/C15H22N4OS/c1-2-16-9-13-14(17-15-18(13)5-6-21-15)19-10-3-4-11(19)8-12(20)7-10/h5-6,10-12,16,20H,2-4,7-9H2,1H3. The Morgan fingerprint density at radius 2 is 2.14 bits per heavy atom. The van der Waals surface area contributed by atoms with E-state index >= 15 is 0 Å². The van der Waals surface area contributed by atoms with Gasteiger partial charge in [-0.25, -0.2) is 4.98 Å². The van der Waals surface area contributed by atoms with E-state index in [0.717, 1.165) is 36.7 Å². The largest absolute Gasteiger partial charge is 0.393 e. The average molecular weight is 306 g/mol. The van der Waals surface area contributed by atoms with Crippen molar-refractivity contribution >= 4 is 22.1 Å². The molecule has 114 valence electrons. The molecule has 2 fully saturated rings.